The monoisotopic (exact) mass is 276 g/mol. The van der Waals surface area contributed by atoms with Gasteiger partial charge < -0.3 is 5.73 Å². The molecule has 2 heteroatoms. The predicted molar refractivity (Wildman–Crippen MR) is 87.8 cm³/mol. The van der Waals surface area contributed by atoms with E-state index in [9.17, 15) is 0 Å². The molecule has 0 aliphatic heterocycles. The van der Waals surface area contributed by atoms with Crippen LogP contribution in [-0.2, 0) is 6.42 Å². The van der Waals surface area contributed by atoms with Crippen LogP contribution in [0.4, 0.5) is 0 Å². The van der Waals surface area contributed by atoms with Crippen molar-refractivity contribution in [3.63, 3.8) is 0 Å². The van der Waals surface area contributed by atoms with Crippen LogP contribution < -0.4 is 5.73 Å². The Morgan fingerprint density at radius 1 is 1.00 bits per heavy atom. The smallest absolute Gasteiger partial charge is 0.0602 e. The fourth-order valence-electron chi connectivity index (χ4n) is 2.72. The molecule has 0 aromatic carbocycles. The first-order valence-electron chi connectivity index (χ1n) is 8.49. The van der Waals surface area contributed by atoms with Gasteiger partial charge in [0, 0.05) is 12.2 Å². The Balaban J connectivity index is 2.15. The Labute approximate surface area is 125 Å². The van der Waals surface area contributed by atoms with Gasteiger partial charge in [0.2, 0.25) is 0 Å². The van der Waals surface area contributed by atoms with Gasteiger partial charge in [-0.1, -0.05) is 71.3 Å². The molecule has 20 heavy (non-hydrogen) atoms. The minimum absolute atomic E-state index is 0.117. The summed E-state index contributed by atoms with van der Waals surface area (Å²) in [5, 5.41) is 0. The van der Waals surface area contributed by atoms with E-state index >= 15 is 0 Å². The molecule has 0 aliphatic carbocycles. The van der Waals surface area contributed by atoms with Crippen LogP contribution in [0.2, 0.25) is 0 Å². The second-order valence-corrected chi connectivity index (χ2v) is 5.77. The van der Waals surface area contributed by atoms with Gasteiger partial charge in [0.1, 0.15) is 0 Å². The van der Waals surface area contributed by atoms with E-state index in [1.165, 1.54) is 56.9 Å². The molecule has 2 N–H and O–H groups in total. The summed E-state index contributed by atoms with van der Waals surface area (Å²) < 4.78 is 0. The van der Waals surface area contributed by atoms with Crippen LogP contribution in [0.25, 0.3) is 0 Å². The molecule has 0 aliphatic rings. The molecule has 1 unspecified atom stereocenters. The number of hydrogen-bond donors (Lipinski definition) is 1. The third-order valence-corrected chi connectivity index (χ3v) is 4.03. The van der Waals surface area contributed by atoms with Gasteiger partial charge in [-0.05, 0) is 24.5 Å². The van der Waals surface area contributed by atoms with E-state index < -0.39 is 0 Å². The van der Waals surface area contributed by atoms with E-state index in [1.54, 1.807) is 0 Å². The van der Waals surface area contributed by atoms with Gasteiger partial charge in [-0.25, -0.2) is 0 Å². The van der Waals surface area contributed by atoms with Gasteiger partial charge in [-0.15, -0.1) is 0 Å². The number of nitrogens with two attached hydrogens (primary N) is 1. The standard InChI is InChI=1S/C18H32N2/c1-3-5-6-7-8-9-10-11-14-17(19)18-16(4-2)13-12-15-20-18/h12-13,15,17H,3-11,14,19H2,1-2H3. The Morgan fingerprint density at radius 2 is 1.65 bits per heavy atom. The molecule has 0 spiro atoms. The third-order valence-electron chi connectivity index (χ3n) is 4.03. The lowest BCUT2D eigenvalue weighted by molar-refractivity contribution is 0.529. The molecule has 2 nitrogen and oxygen atoms in total. The molecule has 1 aromatic heterocycles. The minimum atomic E-state index is 0.117. The lowest BCUT2D eigenvalue weighted by Crippen LogP contribution is -2.14. The Bertz CT molecular complexity index is 349. The Morgan fingerprint density at radius 3 is 2.30 bits per heavy atom. The van der Waals surface area contributed by atoms with E-state index in [2.05, 4.69) is 24.9 Å². The summed E-state index contributed by atoms with van der Waals surface area (Å²) in [7, 11) is 0. The largest absolute Gasteiger partial charge is 0.323 e. The summed E-state index contributed by atoms with van der Waals surface area (Å²) in [6, 6.07) is 4.27. The van der Waals surface area contributed by atoms with Crippen LogP contribution in [0.15, 0.2) is 18.3 Å². The molecule has 0 radical (unpaired) electrons. The van der Waals surface area contributed by atoms with Crippen molar-refractivity contribution in [1.29, 1.82) is 0 Å². The number of aryl methyl sites for hydroxylation is 1. The zero-order valence-electron chi connectivity index (χ0n) is 13.4. The first-order chi connectivity index (χ1) is 9.79. The molecule has 1 atom stereocenters. The van der Waals surface area contributed by atoms with Crippen LogP contribution >= 0.6 is 0 Å². The van der Waals surface area contributed by atoms with Crippen molar-refractivity contribution >= 4 is 0 Å². The van der Waals surface area contributed by atoms with Crippen LogP contribution in [0.5, 0.6) is 0 Å². The number of pyridine rings is 1. The zero-order chi connectivity index (χ0) is 14.6. The summed E-state index contributed by atoms with van der Waals surface area (Å²) in [5.41, 5.74) is 8.70. The molecule has 0 bridgehead atoms. The third kappa shape index (κ3) is 6.51. The topological polar surface area (TPSA) is 38.9 Å². The summed E-state index contributed by atoms with van der Waals surface area (Å²) in [6.45, 7) is 4.44. The molecular formula is C18H32N2. The van der Waals surface area contributed by atoms with Crippen LogP contribution in [0, 0.1) is 0 Å². The van der Waals surface area contributed by atoms with Crippen molar-refractivity contribution in [2.24, 2.45) is 5.73 Å². The number of aromatic nitrogens is 1. The van der Waals surface area contributed by atoms with E-state index in [-0.39, 0.29) is 6.04 Å². The maximum absolute atomic E-state index is 6.29. The van der Waals surface area contributed by atoms with E-state index in [0.29, 0.717) is 0 Å². The van der Waals surface area contributed by atoms with Crippen molar-refractivity contribution in [2.45, 2.75) is 84.1 Å². The molecule has 1 aromatic rings. The summed E-state index contributed by atoms with van der Waals surface area (Å²) in [6.07, 6.45) is 14.8. The molecule has 1 heterocycles. The molecule has 0 amide bonds. The van der Waals surface area contributed by atoms with E-state index in [4.69, 9.17) is 5.73 Å². The van der Waals surface area contributed by atoms with Crippen molar-refractivity contribution in [2.75, 3.05) is 0 Å². The second kappa shape index (κ2) is 10.8. The van der Waals surface area contributed by atoms with Gasteiger partial charge in [0.05, 0.1) is 5.69 Å². The Kier molecular flexibility index (Phi) is 9.31. The molecule has 1 rings (SSSR count). The summed E-state index contributed by atoms with van der Waals surface area (Å²) >= 11 is 0. The average Bonchev–Trinajstić information content (AvgIpc) is 2.49. The lowest BCUT2D eigenvalue weighted by Gasteiger charge is -2.14. The first kappa shape index (κ1) is 17.2. The molecule has 114 valence electrons. The molecule has 0 fully saturated rings. The highest BCUT2D eigenvalue weighted by Gasteiger charge is 2.10. The lowest BCUT2D eigenvalue weighted by atomic mass is 9.99. The van der Waals surface area contributed by atoms with Gasteiger partial charge in [0.25, 0.3) is 0 Å². The molecule has 0 saturated carbocycles. The quantitative estimate of drug-likeness (QED) is 0.566. The van der Waals surface area contributed by atoms with Gasteiger partial charge in [0.15, 0.2) is 0 Å². The van der Waals surface area contributed by atoms with Gasteiger partial charge >= 0.3 is 0 Å². The van der Waals surface area contributed by atoms with Crippen LogP contribution in [0.3, 0.4) is 0 Å². The number of unbranched alkanes of at least 4 members (excludes halogenated alkanes) is 7. The van der Waals surface area contributed by atoms with Crippen molar-refractivity contribution in [1.82, 2.24) is 4.98 Å². The van der Waals surface area contributed by atoms with Gasteiger partial charge in [-0.2, -0.15) is 0 Å². The predicted octanol–water partition coefficient (Wildman–Crippen LogP) is 5.17. The van der Waals surface area contributed by atoms with Crippen LogP contribution in [0.1, 0.15) is 88.9 Å². The fraction of sp³-hybridized carbons (Fsp3) is 0.722. The highest BCUT2D eigenvalue weighted by molar-refractivity contribution is 5.22. The minimum Gasteiger partial charge on any atom is -0.323 e. The first-order valence-corrected chi connectivity index (χ1v) is 8.49. The maximum Gasteiger partial charge on any atom is 0.0602 e. The number of rotatable bonds is 11. The SMILES string of the molecule is CCCCCCCCCCC(N)c1ncccc1CC. The molecule has 0 saturated heterocycles. The molecular weight excluding hydrogens is 244 g/mol. The van der Waals surface area contributed by atoms with Crippen molar-refractivity contribution < 1.29 is 0 Å². The second-order valence-electron chi connectivity index (χ2n) is 5.77. The van der Waals surface area contributed by atoms with E-state index in [1.807, 2.05) is 12.3 Å². The number of nitrogens with zero attached hydrogens (tertiary/aromatic N) is 1. The summed E-state index contributed by atoms with van der Waals surface area (Å²) in [4.78, 5) is 4.47. The van der Waals surface area contributed by atoms with Crippen molar-refractivity contribution in [3.8, 4) is 0 Å². The van der Waals surface area contributed by atoms with Crippen LogP contribution in [-0.4, -0.2) is 4.98 Å². The summed E-state index contributed by atoms with van der Waals surface area (Å²) in [5.74, 6) is 0. The highest BCUT2D eigenvalue weighted by atomic mass is 14.8. The van der Waals surface area contributed by atoms with Gasteiger partial charge in [-0.3, -0.25) is 4.98 Å². The zero-order valence-corrected chi connectivity index (χ0v) is 13.4. The Hall–Kier alpha value is -0.890. The number of hydrogen-bond acceptors (Lipinski definition) is 2. The normalized spacial score (nSPS) is 12.6. The maximum atomic E-state index is 6.29. The average molecular weight is 276 g/mol. The fourth-order valence-corrected chi connectivity index (χ4v) is 2.72. The van der Waals surface area contributed by atoms with E-state index in [0.717, 1.165) is 18.5 Å². The van der Waals surface area contributed by atoms with Crippen molar-refractivity contribution in [3.05, 3.63) is 29.6 Å². The highest BCUT2D eigenvalue weighted by Crippen LogP contribution is 2.20.